The molecule has 0 aromatic heterocycles. The predicted molar refractivity (Wildman–Crippen MR) is 130 cm³/mol. The van der Waals surface area contributed by atoms with Crippen molar-refractivity contribution in [2.75, 3.05) is 23.3 Å². The van der Waals surface area contributed by atoms with Gasteiger partial charge in [0.1, 0.15) is 5.75 Å². The van der Waals surface area contributed by atoms with Crippen LogP contribution in [0, 0.1) is 13.8 Å². The molecular weight excluding hydrogens is 456 g/mol. The highest BCUT2D eigenvalue weighted by atomic mass is 32.2. The second-order valence-corrected chi connectivity index (χ2v) is 9.21. The Morgan fingerprint density at radius 3 is 2.24 bits per heavy atom. The van der Waals surface area contributed by atoms with Gasteiger partial charge in [-0.2, -0.15) is 0 Å². The normalized spacial score (nSPS) is 10.9. The first-order chi connectivity index (χ1) is 16.2. The van der Waals surface area contributed by atoms with Crippen LogP contribution in [0.5, 0.6) is 5.75 Å². The van der Waals surface area contributed by atoms with Crippen LogP contribution in [0.1, 0.15) is 28.4 Å². The summed E-state index contributed by atoms with van der Waals surface area (Å²) in [5.41, 5.74) is 3.17. The molecule has 1 amide bonds. The van der Waals surface area contributed by atoms with Crippen molar-refractivity contribution in [3.05, 3.63) is 83.4 Å². The van der Waals surface area contributed by atoms with E-state index in [9.17, 15) is 18.0 Å². The molecule has 178 valence electrons. The van der Waals surface area contributed by atoms with E-state index in [0.717, 1.165) is 11.1 Å². The zero-order valence-electron chi connectivity index (χ0n) is 19.1. The largest absolute Gasteiger partial charge is 0.484 e. The van der Waals surface area contributed by atoms with Crippen molar-refractivity contribution in [3.63, 3.8) is 0 Å². The number of hydrogen-bond donors (Lipinski definition) is 2. The highest BCUT2D eigenvalue weighted by molar-refractivity contribution is 7.92. The fourth-order valence-electron chi connectivity index (χ4n) is 3.01. The lowest BCUT2D eigenvalue weighted by Gasteiger charge is -2.12. The van der Waals surface area contributed by atoms with Crippen molar-refractivity contribution in [1.82, 2.24) is 0 Å². The van der Waals surface area contributed by atoms with Gasteiger partial charge in [-0.25, -0.2) is 13.2 Å². The zero-order chi connectivity index (χ0) is 24.7. The molecule has 2 N–H and O–H groups in total. The molecule has 0 aliphatic carbocycles. The van der Waals surface area contributed by atoms with Crippen LogP contribution >= 0.6 is 0 Å². The first-order valence-electron chi connectivity index (χ1n) is 10.6. The molecule has 3 rings (SSSR count). The van der Waals surface area contributed by atoms with Gasteiger partial charge < -0.3 is 14.8 Å². The number of esters is 1. The maximum atomic E-state index is 12.7. The number of hydrogen-bond acceptors (Lipinski definition) is 6. The number of sulfonamides is 1. The third-order valence-corrected chi connectivity index (χ3v) is 6.20. The van der Waals surface area contributed by atoms with Crippen molar-refractivity contribution in [2.45, 2.75) is 25.7 Å². The third-order valence-electron chi connectivity index (χ3n) is 4.82. The van der Waals surface area contributed by atoms with E-state index in [1.54, 1.807) is 37.3 Å². The van der Waals surface area contributed by atoms with E-state index in [0.29, 0.717) is 22.7 Å². The second kappa shape index (κ2) is 10.8. The Morgan fingerprint density at radius 2 is 1.59 bits per heavy atom. The first kappa shape index (κ1) is 24.8. The fraction of sp³-hybridized carbons (Fsp3) is 0.200. The molecule has 0 atom stereocenters. The van der Waals surface area contributed by atoms with Crippen molar-refractivity contribution in [3.8, 4) is 5.75 Å². The van der Waals surface area contributed by atoms with Crippen molar-refractivity contribution in [2.24, 2.45) is 0 Å². The maximum absolute atomic E-state index is 12.7. The van der Waals surface area contributed by atoms with Crippen LogP contribution in [0.2, 0.25) is 0 Å². The number of anilines is 2. The van der Waals surface area contributed by atoms with Gasteiger partial charge in [-0.15, -0.1) is 0 Å². The Balaban J connectivity index is 1.55. The van der Waals surface area contributed by atoms with Crippen molar-refractivity contribution < 1.29 is 27.5 Å². The van der Waals surface area contributed by atoms with Gasteiger partial charge in [-0.05, 0) is 86.5 Å². The summed E-state index contributed by atoms with van der Waals surface area (Å²) in [6, 6.07) is 17.6. The highest BCUT2D eigenvalue weighted by Gasteiger charge is 2.16. The molecule has 0 aliphatic heterocycles. The summed E-state index contributed by atoms with van der Waals surface area (Å²) >= 11 is 0. The molecular formula is C25H26N2O6S. The van der Waals surface area contributed by atoms with E-state index in [4.69, 9.17) is 9.47 Å². The monoisotopic (exact) mass is 482 g/mol. The van der Waals surface area contributed by atoms with Gasteiger partial charge in [0.2, 0.25) is 0 Å². The molecule has 0 saturated heterocycles. The minimum absolute atomic E-state index is 0.0758. The number of nitrogens with one attached hydrogen (secondary N) is 2. The van der Waals surface area contributed by atoms with Crippen LogP contribution < -0.4 is 14.8 Å². The van der Waals surface area contributed by atoms with Crippen LogP contribution in [0.4, 0.5) is 11.4 Å². The maximum Gasteiger partial charge on any atom is 0.338 e. The summed E-state index contributed by atoms with van der Waals surface area (Å²) in [7, 11) is -3.77. The van der Waals surface area contributed by atoms with Crippen LogP contribution in [-0.4, -0.2) is 33.5 Å². The predicted octanol–water partition coefficient (Wildman–Crippen LogP) is 4.30. The van der Waals surface area contributed by atoms with Gasteiger partial charge in [0.05, 0.1) is 22.8 Å². The first-order valence-corrected chi connectivity index (χ1v) is 12.1. The van der Waals surface area contributed by atoms with Crippen LogP contribution in [-0.2, 0) is 19.6 Å². The summed E-state index contributed by atoms with van der Waals surface area (Å²) in [5.74, 6) is -0.492. The van der Waals surface area contributed by atoms with E-state index >= 15 is 0 Å². The number of benzene rings is 3. The number of rotatable bonds is 9. The Kier molecular flexibility index (Phi) is 7.91. The molecule has 0 unspecified atom stereocenters. The topological polar surface area (TPSA) is 111 Å². The Labute approximate surface area is 199 Å². The minimum Gasteiger partial charge on any atom is -0.484 e. The number of amides is 1. The molecule has 34 heavy (non-hydrogen) atoms. The summed E-state index contributed by atoms with van der Waals surface area (Å²) < 4.78 is 38.4. The standard InChI is InChI=1S/C25H26N2O6S/c1-4-32-25(29)19-7-9-20(10-8-19)26-24(28)16-33-21-11-13-22(14-12-21)34(30,31)27-23-15-17(2)5-6-18(23)3/h5-15,27H,4,16H2,1-3H3,(H,26,28). The zero-order valence-corrected chi connectivity index (χ0v) is 19.9. The highest BCUT2D eigenvalue weighted by Crippen LogP contribution is 2.22. The molecule has 0 fully saturated rings. The van der Waals surface area contributed by atoms with Crippen LogP contribution in [0.3, 0.4) is 0 Å². The molecule has 9 heteroatoms. The van der Waals surface area contributed by atoms with Gasteiger partial charge in [-0.3, -0.25) is 9.52 Å². The lowest BCUT2D eigenvalue weighted by atomic mass is 10.1. The number of carbonyl (C=O) groups excluding carboxylic acids is 2. The fourth-order valence-corrected chi connectivity index (χ4v) is 4.14. The van der Waals surface area contributed by atoms with Crippen LogP contribution in [0.25, 0.3) is 0 Å². The Morgan fingerprint density at radius 1 is 0.912 bits per heavy atom. The van der Waals surface area contributed by atoms with E-state index in [-0.39, 0.29) is 18.1 Å². The number of aryl methyl sites for hydroxylation is 2. The smallest absolute Gasteiger partial charge is 0.338 e. The average Bonchev–Trinajstić information content (AvgIpc) is 2.81. The molecule has 8 nitrogen and oxygen atoms in total. The summed E-state index contributed by atoms with van der Waals surface area (Å²) in [6.45, 7) is 5.45. The summed E-state index contributed by atoms with van der Waals surface area (Å²) in [5, 5.41) is 2.66. The molecule has 0 heterocycles. The van der Waals surface area contributed by atoms with Gasteiger partial charge in [0.15, 0.2) is 6.61 Å². The lowest BCUT2D eigenvalue weighted by Crippen LogP contribution is -2.20. The third kappa shape index (κ3) is 6.58. The van der Waals surface area contributed by atoms with Gasteiger partial charge in [0, 0.05) is 5.69 Å². The Bertz CT molecular complexity index is 1270. The van der Waals surface area contributed by atoms with Gasteiger partial charge >= 0.3 is 5.97 Å². The molecule has 0 saturated carbocycles. The van der Waals surface area contributed by atoms with Gasteiger partial charge in [-0.1, -0.05) is 12.1 Å². The quantitative estimate of drug-likeness (QED) is 0.440. The van der Waals surface area contributed by atoms with E-state index < -0.39 is 21.9 Å². The van der Waals surface area contributed by atoms with Crippen LogP contribution in [0.15, 0.2) is 71.6 Å². The van der Waals surface area contributed by atoms with Gasteiger partial charge in [0.25, 0.3) is 15.9 Å². The summed E-state index contributed by atoms with van der Waals surface area (Å²) in [6.07, 6.45) is 0. The van der Waals surface area contributed by atoms with E-state index in [1.165, 1.54) is 24.3 Å². The second-order valence-electron chi connectivity index (χ2n) is 7.53. The minimum atomic E-state index is -3.77. The Hall–Kier alpha value is -3.85. The summed E-state index contributed by atoms with van der Waals surface area (Å²) in [4.78, 5) is 23.9. The molecule has 0 aliphatic rings. The average molecular weight is 483 g/mol. The van der Waals surface area contributed by atoms with E-state index in [2.05, 4.69) is 10.0 Å². The molecule has 3 aromatic carbocycles. The van der Waals surface area contributed by atoms with E-state index in [1.807, 2.05) is 26.0 Å². The molecule has 0 spiro atoms. The van der Waals surface area contributed by atoms with Crippen molar-refractivity contribution >= 4 is 33.3 Å². The molecule has 3 aromatic rings. The molecule has 0 radical (unpaired) electrons. The molecule has 0 bridgehead atoms. The SMILES string of the molecule is CCOC(=O)c1ccc(NC(=O)COc2ccc(S(=O)(=O)Nc3cc(C)ccc3C)cc2)cc1. The lowest BCUT2D eigenvalue weighted by molar-refractivity contribution is -0.118. The number of carbonyl (C=O) groups is 2. The number of ether oxygens (including phenoxy) is 2. The van der Waals surface area contributed by atoms with Crippen molar-refractivity contribution in [1.29, 1.82) is 0 Å².